The lowest BCUT2D eigenvalue weighted by atomic mass is 9.97. The summed E-state index contributed by atoms with van der Waals surface area (Å²) in [5.74, 6) is -0.304. The maximum absolute atomic E-state index is 12.3. The Kier molecular flexibility index (Phi) is 5.83. The van der Waals surface area contributed by atoms with E-state index in [9.17, 15) is 4.79 Å². The topological polar surface area (TPSA) is 72.3 Å². The Bertz CT molecular complexity index is 1050. The number of nitrogens with zero attached hydrogens (tertiary/aromatic N) is 4. The van der Waals surface area contributed by atoms with E-state index in [2.05, 4.69) is 39.8 Å². The van der Waals surface area contributed by atoms with Crippen molar-refractivity contribution in [3.05, 3.63) is 64.7 Å². The van der Waals surface area contributed by atoms with Crippen molar-refractivity contribution in [2.75, 3.05) is 13.2 Å². The number of thiazole rings is 1. The molecule has 156 valence electrons. The van der Waals surface area contributed by atoms with Gasteiger partial charge in [-0.3, -0.25) is 14.3 Å². The van der Waals surface area contributed by atoms with Gasteiger partial charge >= 0.3 is 5.97 Å². The number of hydrogen-bond acceptors (Lipinski definition) is 6. The Labute approximate surface area is 184 Å². The highest BCUT2D eigenvalue weighted by Crippen LogP contribution is 2.41. The summed E-state index contributed by atoms with van der Waals surface area (Å²) in [7, 11) is 0. The van der Waals surface area contributed by atoms with Crippen LogP contribution in [-0.2, 0) is 9.53 Å². The van der Waals surface area contributed by atoms with Crippen LogP contribution in [0.3, 0.4) is 0 Å². The number of carbonyl (C=O) groups is 1. The number of ether oxygens (including phenoxy) is 1. The molecule has 0 aromatic carbocycles. The first-order chi connectivity index (χ1) is 14.5. The zero-order chi connectivity index (χ0) is 21.3. The van der Waals surface area contributed by atoms with Crippen molar-refractivity contribution in [3.63, 3.8) is 0 Å². The third-order valence-electron chi connectivity index (χ3n) is 5.20. The molecule has 1 aliphatic rings. The molecule has 1 saturated heterocycles. The van der Waals surface area contributed by atoms with Crippen LogP contribution < -0.4 is 5.32 Å². The third-order valence-corrected chi connectivity index (χ3v) is 6.31. The number of hydrogen-bond donors (Lipinski definition) is 1. The van der Waals surface area contributed by atoms with Crippen molar-refractivity contribution in [3.8, 4) is 5.13 Å². The highest BCUT2D eigenvalue weighted by Gasteiger charge is 2.42. The molecule has 0 aliphatic carbocycles. The van der Waals surface area contributed by atoms with Gasteiger partial charge < -0.3 is 15.0 Å². The molecule has 1 fully saturated rings. The lowest BCUT2D eigenvalue weighted by Gasteiger charge is -2.27. The van der Waals surface area contributed by atoms with Gasteiger partial charge in [0, 0.05) is 29.2 Å². The Hall–Kier alpha value is -2.78. The molecule has 1 aliphatic heterocycles. The normalized spacial score (nSPS) is 18.5. The van der Waals surface area contributed by atoms with E-state index in [1.165, 1.54) is 0 Å². The standard InChI is InChI=1S/C21H23N5O2S2/c1-4-28-17(27)12-25-19(18(24-20(25)29)16-7-5-6-8-22-16)15-11-13(2)26(14(15)3)21-23-9-10-30-21/h5-11,18-19H,4,12H2,1-3H3,(H,24,29). The molecule has 4 heterocycles. The van der Waals surface area contributed by atoms with Crippen molar-refractivity contribution in [2.24, 2.45) is 0 Å². The molecule has 3 aromatic rings. The number of aromatic nitrogens is 3. The number of pyridine rings is 1. The average molecular weight is 442 g/mol. The summed E-state index contributed by atoms with van der Waals surface area (Å²) in [4.78, 5) is 23.3. The van der Waals surface area contributed by atoms with E-state index in [0.717, 1.165) is 27.8 Å². The van der Waals surface area contributed by atoms with Crippen LogP contribution in [0.15, 0.2) is 42.0 Å². The molecule has 0 radical (unpaired) electrons. The van der Waals surface area contributed by atoms with Crippen LogP contribution in [0.5, 0.6) is 0 Å². The summed E-state index contributed by atoms with van der Waals surface area (Å²) in [5.41, 5.74) is 4.09. The number of nitrogens with one attached hydrogen (secondary N) is 1. The van der Waals surface area contributed by atoms with E-state index in [-0.39, 0.29) is 24.6 Å². The molecule has 7 nitrogen and oxygen atoms in total. The molecule has 3 aromatic heterocycles. The van der Waals surface area contributed by atoms with Gasteiger partial charge in [0.05, 0.1) is 24.4 Å². The monoisotopic (exact) mass is 441 g/mol. The van der Waals surface area contributed by atoms with Crippen LogP contribution in [0.4, 0.5) is 0 Å². The van der Waals surface area contributed by atoms with E-state index >= 15 is 0 Å². The molecule has 2 unspecified atom stereocenters. The lowest BCUT2D eigenvalue weighted by Crippen LogP contribution is -2.35. The summed E-state index contributed by atoms with van der Waals surface area (Å²) in [5, 5.41) is 6.76. The molecule has 4 rings (SSSR count). The van der Waals surface area contributed by atoms with E-state index in [1.54, 1.807) is 30.7 Å². The second-order valence-electron chi connectivity index (χ2n) is 7.04. The minimum absolute atomic E-state index is 0.0780. The minimum atomic E-state index is -0.304. The highest BCUT2D eigenvalue weighted by molar-refractivity contribution is 7.80. The summed E-state index contributed by atoms with van der Waals surface area (Å²) in [6.45, 7) is 6.34. The lowest BCUT2D eigenvalue weighted by molar-refractivity contribution is -0.143. The predicted octanol–water partition coefficient (Wildman–Crippen LogP) is 3.48. The van der Waals surface area contributed by atoms with Crippen molar-refractivity contribution in [1.29, 1.82) is 0 Å². The second kappa shape index (κ2) is 8.53. The Morgan fingerprint density at radius 2 is 2.13 bits per heavy atom. The number of carbonyl (C=O) groups excluding carboxylic acids is 1. The molecule has 1 N–H and O–H groups in total. The maximum atomic E-state index is 12.3. The molecule has 30 heavy (non-hydrogen) atoms. The first kappa shape index (κ1) is 20.5. The van der Waals surface area contributed by atoms with Gasteiger partial charge in [-0.25, -0.2) is 4.98 Å². The number of thiocarbonyl (C=S) groups is 1. The Morgan fingerprint density at radius 3 is 2.80 bits per heavy atom. The van der Waals surface area contributed by atoms with Gasteiger partial charge in [0.2, 0.25) is 0 Å². The van der Waals surface area contributed by atoms with Gasteiger partial charge in [0.25, 0.3) is 0 Å². The first-order valence-electron chi connectivity index (χ1n) is 9.73. The van der Waals surface area contributed by atoms with Gasteiger partial charge in [-0.1, -0.05) is 6.07 Å². The summed E-state index contributed by atoms with van der Waals surface area (Å²) in [6, 6.07) is 7.58. The van der Waals surface area contributed by atoms with Crippen molar-refractivity contribution in [1.82, 2.24) is 24.8 Å². The smallest absolute Gasteiger partial charge is 0.325 e. The summed E-state index contributed by atoms with van der Waals surface area (Å²) in [6.07, 6.45) is 3.57. The van der Waals surface area contributed by atoms with Gasteiger partial charge in [0.1, 0.15) is 6.54 Å². The highest BCUT2D eigenvalue weighted by atomic mass is 32.1. The summed E-state index contributed by atoms with van der Waals surface area (Å²) >= 11 is 7.21. The molecule has 0 saturated carbocycles. The third kappa shape index (κ3) is 3.70. The first-order valence-corrected chi connectivity index (χ1v) is 11.0. The zero-order valence-corrected chi connectivity index (χ0v) is 18.7. The van der Waals surface area contributed by atoms with Crippen LogP contribution in [0.1, 0.15) is 41.7 Å². The maximum Gasteiger partial charge on any atom is 0.325 e. The van der Waals surface area contributed by atoms with Crippen molar-refractivity contribution >= 4 is 34.6 Å². The van der Waals surface area contributed by atoms with Gasteiger partial charge in [0.15, 0.2) is 10.2 Å². The number of esters is 1. The Balaban J connectivity index is 1.80. The molecule has 0 spiro atoms. The molecule has 0 amide bonds. The molecule has 9 heteroatoms. The average Bonchev–Trinajstić information content (AvgIpc) is 3.42. The number of aryl methyl sites for hydroxylation is 1. The van der Waals surface area contributed by atoms with Crippen LogP contribution in [-0.4, -0.2) is 43.7 Å². The van der Waals surface area contributed by atoms with Crippen LogP contribution in [0.25, 0.3) is 5.13 Å². The quantitative estimate of drug-likeness (QED) is 0.464. The van der Waals surface area contributed by atoms with Crippen LogP contribution in [0, 0.1) is 13.8 Å². The summed E-state index contributed by atoms with van der Waals surface area (Å²) < 4.78 is 7.34. The van der Waals surface area contributed by atoms with Crippen molar-refractivity contribution < 1.29 is 9.53 Å². The van der Waals surface area contributed by atoms with E-state index < -0.39 is 0 Å². The zero-order valence-electron chi connectivity index (χ0n) is 17.0. The fourth-order valence-corrected chi connectivity index (χ4v) is 5.02. The minimum Gasteiger partial charge on any atom is -0.465 e. The van der Waals surface area contributed by atoms with Gasteiger partial charge in [-0.15, -0.1) is 11.3 Å². The number of rotatable bonds is 6. The van der Waals surface area contributed by atoms with Gasteiger partial charge in [-0.2, -0.15) is 0 Å². The molecule has 2 atom stereocenters. The molecular formula is C21H23N5O2S2. The van der Waals surface area contributed by atoms with E-state index in [4.69, 9.17) is 17.0 Å². The van der Waals surface area contributed by atoms with E-state index in [0.29, 0.717) is 11.7 Å². The largest absolute Gasteiger partial charge is 0.465 e. The van der Waals surface area contributed by atoms with Crippen molar-refractivity contribution in [2.45, 2.75) is 32.9 Å². The molecular weight excluding hydrogens is 418 g/mol. The van der Waals surface area contributed by atoms with E-state index in [1.807, 2.05) is 28.5 Å². The fraction of sp³-hybridized carbons (Fsp3) is 0.333. The van der Waals surface area contributed by atoms with Gasteiger partial charge in [-0.05, 0) is 56.8 Å². The predicted molar refractivity (Wildman–Crippen MR) is 120 cm³/mol. The fourth-order valence-electron chi connectivity index (χ4n) is 3.97. The Morgan fingerprint density at radius 1 is 1.30 bits per heavy atom. The second-order valence-corrected chi connectivity index (χ2v) is 8.30. The van der Waals surface area contributed by atoms with Crippen LogP contribution in [0.2, 0.25) is 0 Å². The SMILES string of the molecule is CCOC(=O)CN1C(=S)NC(c2ccccn2)C1c1cc(C)n(-c2nccs2)c1C. The van der Waals surface area contributed by atoms with Crippen LogP contribution >= 0.6 is 23.6 Å². The molecule has 0 bridgehead atoms.